The zero-order valence-electron chi connectivity index (χ0n) is 12.3. The number of halogens is 1. The van der Waals surface area contributed by atoms with Crippen LogP contribution in [0.3, 0.4) is 0 Å². The predicted molar refractivity (Wildman–Crippen MR) is 96.2 cm³/mol. The summed E-state index contributed by atoms with van der Waals surface area (Å²) in [6.07, 6.45) is 0.863. The van der Waals surface area contributed by atoms with Gasteiger partial charge in [0.25, 0.3) is 0 Å². The van der Waals surface area contributed by atoms with Crippen molar-refractivity contribution in [3.8, 4) is 0 Å². The van der Waals surface area contributed by atoms with Crippen LogP contribution in [0.2, 0.25) is 5.02 Å². The molecule has 3 rings (SSSR count). The molecule has 0 unspecified atom stereocenters. The lowest BCUT2D eigenvalue weighted by atomic mass is 10.1. The van der Waals surface area contributed by atoms with Gasteiger partial charge in [-0.3, -0.25) is 15.6 Å². The van der Waals surface area contributed by atoms with E-state index in [0.717, 1.165) is 6.42 Å². The number of hydrogen-bond acceptors (Lipinski definition) is 2. The zero-order valence-corrected chi connectivity index (χ0v) is 13.8. The molecule has 0 bridgehead atoms. The molecule has 23 heavy (non-hydrogen) atoms. The van der Waals surface area contributed by atoms with Gasteiger partial charge in [-0.1, -0.05) is 54.1 Å². The van der Waals surface area contributed by atoms with Crippen LogP contribution in [-0.4, -0.2) is 11.0 Å². The van der Waals surface area contributed by atoms with Crippen molar-refractivity contribution in [1.29, 1.82) is 0 Å². The highest BCUT2D eigenvalue weighted by Gasteiger charge is 2.43. The van der Waals surface area contributed by atoms with Gasteiger partial charge in [0, 0.05) is 5.92 Å². The third-order valence-corrected chi connectivity index (χ3v) is 4.31. The molecule has 0 aliphatic heterocycles. The predicted octanol–water partition coefficient (Wildman–Crippen LogP) is 3.46. The largest absolute Gasteiger partial charge is 0.330 e. The molecule has 6 heteroatoms. The van der Waals surface area contributed by atoms with E-state index in [9.17, 15) is 4.79 Å². The van der Waals surface area contributed by atoms with Gasteiger partial charge in [-0.15, -0.1) is 0 Å². The Balaban J connectivity index is 1.47. The van der Waals surface area contributed by atoms with Gasteiger partial charge < -0.3 is 5.32 Å². The van der Waals surface area contributed by atoms with Gasteiger partial charge in [-0.05, 0) is 42.3 Å². The average Bonchev–Trinajstić information content (AvgIpc) is 3.36. The van der Waals surface area contributed by atoms with Crippen molar-refractivity contribution >= 4 is 40.5 Å². The van der Waals surface area contributed by atoms with Crippen LogP contribution in [0, 0.1) is 5.92 Å². The number of hydrogen-bond donors (Lipinski definition) is 3. The van der Waals surface area contributed by atoms with Crippen molar-refractivity contribution in [2.75, 3.05) is 5.32 Å². The van der Waals surface area contributed by atoms with E-state index in [0.29, 0.717) is 21.7 Å². The first-order valence-corrected chi connectivity index (χ1v) is 8.10. The first-order chi connectivity index (χ1) is 11.1. The molecule has 1 fully saturated rings. The fourth-order valence-corrected chi connectivity index (χ4v) is 2.82. The van der Waals surface area contributed by atoms with Crippen LogP contribution in [0.5, 0.6) is 0 Å². The molecule has 0 saturated heterocycles. The fourth-order valence-electron chi connectivity index (χ4n) is 2.48. The van der Waals surface area contributed by atoms with Crippen LogP contribution >= 0.6 is 23.8 Å². The van der Waals surface area contributed by atoms with E-state index >= 15 is 0 Å². The number of carbonyl (C=O) groups is 1. The van der Waals surface area contributed by atoms with Crippen LogP contribution in [-0.2, 0) is 4.79 Å². The molecule has 0 aromatic heterocycles. The molecule has 1 aliphatic rings. The second kappa shape index (κ2) is 6.98. The Morgan fingerprint density at radius 2 is 1.74 bits per heavy atom. The van der Waals surface area contributed by atoms with Gasteiger partial charge in [0.15, 0.2) is 5.11 Å². The maximum Gasteiger partial charge on any atom is 0.242 e. The summed E-state index contributed by atoms with van der Waals surface area (Å²) in [5.74, 6) is 0.235. The molecule has 2 aromatic carbocycles. The molecular weight excluding hydrogens is 330 g/mol. The Hall–Kier alpha value is -2.11. The van der Waals surface area contributed by atoms with E-state index in [1.165, 1.54) is 5.56 Å². The third-order valence-electron chi connectivity index (χ3n) is 3.78. The summed E-state index contributed by atoms with van der Waals surface area (Å²) in [6, 6.07) is 17.3. The molecule has 118 valence electrons. The third kappa shape index (κ3) is 4.00. The molecule has 1 saturated carbocycles. The van der Waals surface area contributed by atoms with Crippen LogP contribution < -0.4 is 16.2 Å². The van der Waals surface area contributed by atoms with E-state index in [1.807, 2.05) is 36.4 Å². The second-order valence-corrected chi connectivity index (χ2v) is 6.22. The molecule has 1 amide bonds. The molecule has 2 atom stereocenters. The molecule has 2 aromatic rings. The van der Waals surface area contributed by atoms with Crippen molar-refractivity contribution in [1.82, 2.24) is 10.9 Å². The van der Waals surface area contributed by atoms with Crippen LogP contribution in [0.15, 0.2) is 54.6 Å². The van der Waals surface area contributed by atoms with Crippen molar-refractivity contribution < 1.29 is 4.79 Å². The number of nitrogens with one attached hydrogen (secondary N) is 3. The van der Waals surface area contributed by atoms with Gasteiger partial charge in [0.1, 0.15) is 0 Å². The molecule has 4 nitrogen and oxygen atoms in total. The quantitative estimate of drug-likeness (QED) is 0.589. The van der Waals surface area contributed by atoms with Gasteiger partial charge in [0.05, 0.1) is 10.7 Å². The maximum atomic E-state index is 12.1. The molecular formula is C17H16ClN3OS. The standard InChI is InChI=1S/C17H16ClN3OS/c18-14-8-4-5-9-15(14)19-17(23)21-20-16(22)13-10-12(13)11-6-2-1-3-7-11/h1-9,12-13H,10H2,(H,20,22)(H2,19,21,23)/t12-,13+/m1/s1. The Morgan fingerprint density at radius 1 is 1.04 bits per heavy atom. The summed E-state index contributed by atoms with van der Waals surface area (Å²) in [5.41, 5.74) is 7.25. The summed E-state index contributed by atoms with van der Waals surface area (Å²) < 4.78 is 0. The highest BCUT2D eigenvalue weighted by molar-refractivity contribution is 7.80. The van der Waals surface area contributed by atoms with Crippen molar-refractivity contribution in [3.63, 3.8) is 0 Å². The molecule has 0 heterocycles. The summed E-state index contributed by atoms with van der Waals surface area (Å²) in [6.45, 7) is 0. The Labute approximate surface area is 145 Å². The number of thiocarbonyl (C=S) groups is 1. The van der Waals surface area contributed by atoms with E-state index in [-0.39, 0.29) is 11.8 Å². The monoisotopic (exact) mass is 345 g/mol. The van der Waals surface area contributed by atoms with Gasteiger partial charge >= 0.3 is 0 Å². The highest BCUT2D eigenvalue weighted by atomic mass is 35.5. The minimum atomic E-state index is -0.0536. The number of carbonyl (C=O) groups excluding carboxylic acids is 1. The Bertz CT molecular complexity index is 723. The molecule has 3 N–H and O–H groups in total. The lowest BCUT2D eigenvalue weighted by Crippen LogP contribution is -2.44. The number of anilines is 1. The van der Waals surface area contributed by atoms with Crippen LogP contribution in [0.25, 0.3) is 0 Å². The number of rotatable bonds is 3. The summed E-state index contributed by atoms with van der Waals surface area (Å²) in [7, 11) is 0. The smallest absolute Gasteiger partial charge is 0.242 e. The van der Waals surface area contributed by atoms with Crippen LogP contribution in [0.4, 0.5) is 5.69 Å². The summed E-state index contributed by atoms with van der Waals surface area (Å²) in [4.78, 5) is 12.1. The second-order valence-electron chi connectivity index (χ2n) is 5.41. The van der Waals surface area contributed by atoms with Crippen molar-refractivity contribution in [2.24, 2.45) is 5.92 Å². The lowest BCUT2D eigenvalue weighted by Gasteiger charge is -2.12. The zero-order chi connectivity index (χ0) is 16.2. The minimum absolute atomic E-state index is 0.00647. The van der Waals surface area contributed by atoms with E-state index < -0.39 is 0 Å². The van der Waals surface area contributed by atoms with Gasteiger partial charge in [-0.2, -0.15) is 0 Å². The number of benzene rings is 2. The topological polar surface area (TPSA) is 53.2 Å². The molecule has 1 aliphatic carbocycles. The number of amides is 1. The minimum Gasteiger partial charge on any atom is -0.330 e. The van der Waals surface area contributed by atoms with Crippen LogP contribution in [0.1, 0.15) is 17.9 Å². The first kappa shape index (κ1) is 15.8. The molecule has 0 spiro atoms. The summed E-state index contributed by atoms with van der Waals surface area (Å²) >= 11 is 11.2. The highest BCUT2D eigenvalue weighted by Crippen LogP contribution is 2.47. The van der Waals surface area contributed by atoms with E-state index in [4.69, 9.17) is 23.8 Å². The SMILES string of the molecule is O=C(NNC(=S)Nc1ccccc1Cl)[C@H]1C[C@@H]1c1ccccc1. The normalized spacial score (nSPS) is 18.8. The fraction of sp³-hybridized carbons (Fsp3) is 0.176. The molecule has 0 radical (unpaired) electrons. The van der Waals surface area contributed by atoms with Gasteiger partial charge in [-0.25, -0.2) is 0 Å². The maximum absolute atomic E-state index is 12.1. The van der Waals surface area contributed by atoms with Crippen molar-refractivity contribution in [3.05, 3.63) is 65.2 Å². The Morgan fingerprint density at radius 3 is 2.48 bits per heavy atom. The Kier molecular flexibility index (Phi) is 4.79. The first-order valence-electron chi connectivity index (χ1n) is 7.31. The average molecular weight is 346 g/mol. The van der Waals surface area contributed by atoms with Gasteiger partial charge in [0.2, 0.25) is 5.91 Å². The number of hydrazine groups is 1. The van der Waals surface area contributed by atoms with Crippen molar-refractivity contribution in [2.45, 2.75) is 12.3 Å². The van der Waals surface area contributed by atoms with E-state index in [1.54, 1.807) is 6.07 Å². The number of para-hydroxylation sites is 1. The summed E-state index contributed by atoms with van der Waals surface area (Å²) in [5, 5.41) is 3.80. The van der Waals surface area contributed by atoms with E-state index in [2.05, 4.69) is 28.3 Å². The lowest BCUT2D eigenvalue weighted by molar-refractivity contribution is -0.122.